The van der Waals surface area contributed by atoms with E-state index in [0.717, 1.165) is 25.9 Å². The van der Waals surface area contributed by atoms with Gasteiger partial charge in [-0.05, 0) is 18.9 Å². The first-order chi connectivity index (χ1) is 9.16. The molecule has 0 saturated carbocycles. The predicted molar refractivity (Wildman–Crippen MR) is 82.4 cm³/mol. The number of nitro benzene ring substituents is 1. The first kappa shape index (κ1) is 15.9. The third kappa shape index (κ3) is 4.77. The molecule has 0 aromatic heterocycles. The van der Waals surface area contributed by atoms with Crippen LogP contribution in [-0.4, -0.2) is 28.7 Å². The van der Waals surface area contributed by atoms with Gasteiger partial charge in [0.2, 0.25) is 0 Å². The van der Waals surface area contributed by atoms with Crippen LogP contribution >= 0.6 is 9.39 Å². The van der Waals surface area contributed by atoms with Crippen LogP contribution in [-0.2, 0) is 0 Å². The van der Waals surface area contributed by atoms with Crippen molar-refractivity contribution in [1.82, 2.24) is 4.67 Å². The van der Waals surface area contributed by atoms with E-state index in [9.17, 15) is 10.1 Å². The highest BCUT2D eigenvalue weighted by Gasteiger charge is 2.20. The molecule has 0 bridgehead atoms. The number of anilines is 1. The van der Waals surface area contributed by atoms with Gasteiger partial charge in [-0.25, -0.2) is 0 Å². The van der Waals surface area contributed by atoms with Crippen molar-refractivity contribution in [1.29, 1.82) is 0 Å². The average Bonchev–Trinajstić information content (AvgIpc) is 2.44. The topological polar surface area (TPSA) is 58.4 Å². The van der Waals surface area contributed by atoms with Gasteiger partial charge in [0.25, 0.3) is 5.69 Å². The maximum absolute atomic E-state index is 10.9. The first-order valence-electron chi connectivity index (χ1n) is 6.66. The lowest BCUT2D eigenvalue weighted by atomic mass is 10.1. The Hall–Kier alpha value is -1.19. The van der Waals surface area contributed by atoms with E-state index in [0.29, 0.717) is 11.7 Å². The van der Waals surface area contributed by atoms with Crippen molar-refractivity contribution >= 4 is 20.8 Å². The van der Waals surface area contributed by atoms with Crippen molar-refractivity contribution in [3.05, 3.63) is 34.4 Å². The Morgan fingerprint density at radius 1 is 1.32 bits per heavy atom. The van der Waals surface area contributed by atoms with E-state index in [2.05, 4.69) is 19.4 Å². The third-order valence-corrected chi connectivity index (χ3v) is 3.51. The molecule has 1 aliphatic heterocycles. The molecule has 1 unspecified atom stereocenters. The normalized spacial score (nSPS) is 16.4. The second kappa shape index (κ2) is 8.08. The molecule has 1 aliphatic rings. The van der Waals surface area contributed by atoms with Crippen molar-refractivity contribution in [2.75, 3.05) is 18.4 Å². The number of nitro groups is 1. The van der Waals surface area contributed by atoms with Crippen LogP contribution in [0.15, 0.2) is 24.3 Å². The Morgan fingerprint density at radius 3 is 2.47 bits per heavy atom. The predicted octanol–water partition coefficient (Wildman–Crippen LogP) is 3.29. The van der Waals surface area contributed by atoms with Gasteiger partial charge in [-0.2, -0.15) is 0 Å². The summed E-state index contributed by atoms with van der Waals surface area (Å²) < 4.78 is 2.19. The van der Waals surface area contributed by atoms with Crippen molar-refractivity contribution in [3.63, 3.8) is 0 Å². The molecule has 1 saturated heterocycles. The first-order valence-corrected chi connectivity index (χ1v) is 7.18. The summed E-state index contributed by atoms with van der Waals surface area (Å²) in [4.78, 5) is 10.5. The average molecular weight is 283 g/mol. The smallest absolute Gasteiger partial charge is 0.292 e. The van der Waals surface area contributed by atoms with Gasteiger partial charge in [0, 0.05) is 25.2 Å². The molecule has 1 atom stereocenters. The highest BCUT2D eigenvalue weighted by molar-refractivity contribution is 7.13. The molecule has 1 heterocycles. The highest BCUT2D eigenvalue weighted by Crippen LogP contribution is 2.26. The molecule has 1 aromatic rings. The van der Waals surface area contributed by atoms with Crippen LogP contribution < -0.4 is 5.32 Å². The van der Waals surface area contributed by atoms with Gasteiger partial charge in [-0.15, -0.1) is 0 Å². The summed E-state index contributed by atoms with van der Waals surface area (Å²) in [7, 11) is 2.69. The zero-order valence-electron chi connectivity index (χ0n) is 11.5. The lowest BCUT2D eigenvalue weighted by Crippen LogP contribution is -2.34. The maximum atomic E-state index is 10.9. The summed E-state index contributed by atoms with van der Waals surface area (Å²) in [6.45, 7) is 6.01. The van der Waals surface area contributed by atoms with Crippen LogP contribution in [0.25, 0.3) is 0 Å². The number of piperidine rings is 1. The van der Waals surface area contributed by atoms with E-state index in [-0.39, 0.29) is 10.6 Å². The number of hydrogen-bond acceptors (Lipinski definition) is 4. The van der Waals surface area contributed by atoms with Crippen molar-refractivity contribution in [3.8, 4) is 0 Å². The molecule has 5 nitrogen and oxygen atoms in total. The minimum Gasteiger partial charge on any atom is -0.377 e. The fourth-order valence-corrected chi connectivity index (χ4v) is 2.32. The summed E-state index contributed by atoms with van der Waals surface area (Å²) in [5.74, 6) is 0. The molecular weight excluding hydrogens is 261 g/mol. The van der Waals surface area contributed by atoms with Crippen LogP contribution in [0, 0.1) is 10.1 Å². The van der Waals surface area contributed by atoms with Gasteiger partial charge in [-0.1, -0.05) is 35.4 Å². The molecular formula is C13H22N3O2P. The molecule has 106 valence electrons. The summed E-state index contributed by atoms with van der Waals surface area (Å²) in [5, 5.41) is 14.1. The number of para-hydroxylation sites is 2. The molecule has 6 heteroatoms. The fourth-order valence-electron chi connectivity index (χ4n) is 2.02. The number of hydrogen-bond donors (Lipinski definition) is 1. The minimum absolute atomic E-state index is 0.154. The Bertz CT molecular complexity index is 407. The SMILES string of the molecule is CC.O=[N+]([O-])c1ccccc1NC1CCN(P)CC1. The van der Waals surface area contributed by atoms with E-state index < -0.39 is 0 Å². The zero-order chi connectivity index (χ0) is 14.3. The monoisotopic (exact) mass is 283 g/mol. The number of nitrogens with one attached hydrogen (secondary N) is 1. The summed E-state index contributed by atoms with van der Waals surface area (Å²) in [6.07, 6.45) is 2.02. The second-order valence-electron chi connectivity index (χ2n) is 4.23. The van der Waals surface area contributed by atoms with E-state index >= 15 is 0 Å². The van der Waals surface area contributed by atoms with E-state index in [4.69, 9.17) is 0 Å². The summed E-state index contributed by atoms with van der Waals surface area (Å²) in [6, 6.07) is 7.14. The van der Waals surface area contributed by atoms with Gasteiger partial charge in [0.05, 0.1) is 4.92 Å². The lowest BCUT2D eigenvalue weighted by molar-refractivity contribution is -0.384. The van der Waals surface area contributed by atoms with Crippen LogP contribution in [0.3, 0.4) is 0 Å². The standard InChI is InChI=1S/C11H16N3O2P.C2H6/c15-14(16)11-4-2-1-3-10(11)12-9-5-7-13(17)8-6-9;1-2/h1-4,9,12H,5-8,17H2;1-2H3. The third-order valence-electron chi connectivity index (χ3n) is 2.99. The van der Waals surface area contributed by atoms with Crippen molar-refractivity contribution < 1.29 is 4.92 Å². The molecule has 0 spiro atoms. The van der Waals surface area contributed by atoms with E-state index in [1.54, 1.807) is 12.1 Å². The van der Waals surface area contributed by atoms with Crippen LogP contribution in [0.2, 0.25) is 0 Å². The minimum atomic E-state index is -0.340. The molecule has 2 rings (SSSR count). The molecule has 19 heavy (non-hydrogen) atoms. The molecule has 0 aliphatic carbocycles. The van der Waals surface area contributed by atoms with Crippen LogP contribution in [0.1, 0.15) is 26.7 Å². The Kier molecular flexibility index (Phi) is 6.74. The Morgan fingerprint density at radius 2 is 1.89 bits per heavy atom. The number of nitrogens with zero attached hydrogens (tertiary/aromatic N) is 2. The van der Waals surface area contributed by atoms with Gasteiger partial charge in [0.15, 0.2) is 0 Å². The van der Waals surface area contributed by atoms with Crippen molar-refractivity contribution in [2.45, 2.75) is 32.7 Å². The number of rotatable bonds is 3. The summed E-state index contributed by atoms with van der Waals surface area (Å²) in [5.41, 5.74) is 0.778. The van der Waals surface area contributed by atoms with Gasteiger partial charge >= 0.3 is 0 Å². The molecule has 1 N–H and O–H groups in total. The Balaban J connectivity index is 0.000000861. The molecule has 0 radical (unpaired) electrons. The van der Waals surface area contributed by atoms with E-state index in [1.807, 2.05) is 19.9 Å². The van der Waals surface area contributed by atoms with Crippen molar-refractivity contribution in [2.24, 2.45) is 0 Å². The maximum Gasteiger partial charge on any atom is 0.292 e. The molecule has 1 fully saturated rings. The van der Waals surface area contributed by atoms with Crippen LogP contribution in [0.4, 0.5) is 11.4 Å². The van der Waals surface area contributed by atoms with Crippen LogP contribution in [0.5, 0.6) is 0 Å². The van der Waals surface area contributed by atoms with E-state index in [1.165, 1.54) is 6.07 Å². The molecule has 1 aromatic carbocycles. The second-order valence-corrected chi connectivity index (χ2v) is 4.96. The lowest BCUT2D eigenvalue weighted by Gasteiger charge is -2.29. The largest absolute Gasteiger partial charge is 0.377 e. The zero-order valence-corrected chi connectivity index (χ0v) is 12.7. The quantitative estimate of drug-likeness (QED) is 0.525. The fraction of sp³-hybridized carbons (Fsp3) is 0.538. The number of benzene rings is 1. The van der Waals surface area contributed by atoms with Gasteiger partial charge < -0.3 is 5.32 Å². The summed E-state index contributed by atoms with van der Waals surface area (Å²) >= 11 is 0. The molecule has 0 amide bonds. The van der Waals surface area contributed by atoms with Gasteiger partial charge in [-0.3, -0.25) is 14.8 Å². The highest BCUT2D eigenvalue weighted by atomic mass is 31.0. The van der Waals surface area contributed by atoms with Gasteiger partial charge in [0.1, 0.15) is 5.69 Å². The Labute approximate surface area is 116 Å².